The molecule has 0 aliphatic carbocycles. The van der Waals surface area contributed by atoms with Gasteiger partial charge < -0.3 is 19.9 Å². The molecule has 2 N–H and O–H groups in total. The molecule has 1 aromatic rings. The topological polar surface area (TPSA) is 67.8 Å². The highest BCUT2D eigenvalue weighted by Crippen LogP contribution is 2.38. The number of benzene rings is 1. The molecule has 0 spiro atoms. The maximum Gasteiger partial charge on any atom is 0.172 e. The van der Waals surface area contributed by atoms with Crippen molar-refractivity contribution in [3.63, 3.8) is 0 Å². The Morgan fingerprint density at radius 1 is 1.39 bits per heavy atom. The van der Waals surface area contributed by atoms with Gasteiger partial charge in [-0.2, -0.15) is 0 Å². The van der Waals surface area contributed by atoms with Crippen molar-refractivity contribution in [2.45, 2.75) is 12.5 Å². The number of likely N-dealkylation sites (N-methyl/N-ethyl adjacent to an activating group) is 1. The molecule has 98 valence electrons. The van der Waals surface area contributed by atoms with Crippen LogP contribution < -0.4 is 14.8 Å². The van der Waals surface area contributed by atoms with E-state index in [4.69, 9.17) is 9.47 Å². The van der Waals surface area contributed by atoms with Crippen LogP contribution >= 0.6 is 0 Å². The molecule has 0 saturated heterocycles. The van der Waals surface area contributed by atoms with Gasteiger partial charge in [0.1, 0.15) is 0 Å². The van der Waals surface area contributed by atoms with Gasteiger partial charge in [-0.1, -0.05) is 6.07 Å². The largest absolute Gasteiger partial charge is 0.489 e. The van der Waals surface area contributed by atoms with E-state index in [-0.39, 0.29) is 0 Å². The summed E-state index contributed by atoms with van der Waals surface area (Å²) < 4.78 is 11.2. The van der Waals surface area contributed by atoms with Gasteiger partial charge in [0, 0.05) is 18.5 Å². The van der Waals surface area contributed by atoms with E-state index in [2.05, 4.69) is 5.32 Å². The molecule has 0 saturated carbocycles. The number of aldehydes is 1. The molecule has 2 rings (SSSR count). The van der Waals surface area contributed by atoms with Gasteiger partial charge in [0.15, 0.2) is 17.8 Å². The number of ether oxygens (including phenoxy) is 2. The minimum atomic E-state index is -0.689. The number of carbonyl (C=O) groups excluding carboxylic acids is 1. The number of aliphatic hydroxyl groups excluding tert-OH is 1. The lowest BCUT2D eigenvalue weighted by Crippen LogP contribution is -2.17. The maximum atomic E-state index is 11.0. The highest BCUT2D eigenvalue weighted by molar-refractivity contribution is 5.82. The summed E-state index contributed by atoms with van der Waals surface area (Å²) >= 11 is 0. The van der Waals surface area contributed by atoms with Crippen molar-refractivity contribution in [1.29, 1.82) is 0 Å². The first-order valence-electron chi connectivity index (χ1n) is 5.98. The van der Waals surface area contributed by atoms with E-state index < -0.39 is 6.10 Å². The van der Waals surface area contributed by atoms with E-state index in [1.807, 2.05) is 0 Å². The van der Waals surface area contributed by atoms with E-state index in [1.165, 1.54) is 0 Å². The normalized spacial score (nSPS) is 15.9. The van der Waals surface area contributed by atoms with Crippen molar-refractivity contribution in [2.75, 3.05) is 26.8 Å². The van der Waals surface area contributed by atoms with Gasteiger partial charge in [-0.15, -0.1) is 0 Å². The maximum absolute atomic E-state index is 11.0. The third kappa shape index (κ3) is 2.47. The summed E-state index contributed by atoms with van der Waals surface area (Å²) in [6.45, 7) is 1.45. The van der Waals surface area contributed by atoms with E-state index in [0.717, 1.165) is 12.7 Å². The number of rotatable bonds is 4. The van der Waals surface area contributed by atoms with Gasteiger partial charge in [0.25, 0.3) is 0 Å². The van der Waals surface area contributed by atoms with Crippen LogP contribution in [0.25, 0.3) is 0 Å². The fraction of sp³-hybridized carbons (Fsp3) is 0.462. The van der Waals surface area contributed by atoms with E-state index >= 15 is 0 Å². The Kier molecular flexibility index (Phi) is 4.17. The Labute approximate surface area is 106 Å². The van der Waals surface area contributed by atoms with Gasteiger partial charge in [0.05, 0.1) is 24.9 Å². The number of nitrogens with one attached hydrogen (secondary N) is 1. The molecule has 0 fully saturated rings. The van der Waals surface area contributed by atoms with E-state index in [9.17, 15) is 9.90 Å². The summed E-state index contributed by atoms with van der Waals surface area (Å²) in [6.07, 6.45) is 0.808. The number of fused-ring (bicyclic) bond motifs is 1. The van der Waals surface area contributed by atoms with Gasteiger partial charge in [0.2, 0.25) is 0 Å². The van der Waals surface area contributed by atoms with Crippen LogP contribution in [0.4, 0.5) is 0 Å². The third-order valence-electron chi connectivity index (χ3n) is 2.84. The van der Waals surface area contributed by atoms with Gasteiger partial charge in [-0.25, -0.2) is 0 Å². The van der Waals surface area contributed by atoms with Crippen LogP contribution in [-0.4, -0.2) is 38.2 Å². The minimum absolute atomic E-state index is 0.413. The Hall–Kier alpha value is -1.59. The summed E-state index contributed by atoms with van der Waals surface area (Å²) in [5.41, 5.74) is 1.10. The van der Waals surface area contributed by atoms with Gasteiger partial charge in [-0.3, -0.25) is 4.79 Å². The van der Waals surface area contributed by atoms with Crippen molar-refractivity contribution in [3.05, 3.63) is 23.3 Å². The van der Waals surface area contributed by atoms with Gasteiger partial charge in [-0.05, 0) is 13.1 Å². The molecule has 0 amide bonds. The zero-order valence-electron chi connectivity index (χ0n) is 10.3. The van der Waals surface area contributed by atoms with Crippen LogP contribution in [-0.2, 0) is 0 Å². The molecule has 0 aromatic heterocycles. The summed E-state index contributed by atoms with van der Waals surface area (Å²) in [5, 5.41) is 12.9. The fourth-order valence-corrected chi connectivity index (χ4v) is 1.96. The second kappa shape index (κ2) is 5.84. The third-order valence-corrected chi connectivity index (χ3v) is 2.84. The van der Waals surface area contributed by atoms with Crippen LogP contribution in [0.3, 0.4) is 0 Å². The molecule has 0 radical (unpaired) electrons. The average Bonchev–Trinajstić information content (AvgIpc) is 2.63. The molecule has 1 heterocycles. The second-order valence-electron chi connectivity index (χ2n) is 4.14. The summed E-state index contributed by atoms with van der Waals surface area (Å²) in [4.78, 5) is 11.0. The highest BCUT2D eigenvalue weighted by atomic mass is 16.5. The van der Waals surface area contributed by atoms with Crippen molar-refractivity contribution in [2.24, 2.45) is 0 Å². The predicted octanol–water partition coefficient (Wildman–Crippen LogP) is 0.913. The Morgan fingerprint density at radius 2 is 2.11 bits per heavy atom. The highest BCUT2D eigenvalue weighted by Gasteiger charge is 2.22. The lowest BCUT2D eigenvalue weighted by molar-refractivity contribution is 0.111. The van der Waals surface area contributed by atoms with Crippen LogP contribution in [0.2, 0.25) is 0 Å². The molecule has 1 aliphatic heterocycles. The zero-order valence-corrected chi connectivity index (χ0v) is 10.3. The molecule has 5 nitrogen and oxygen atoms in total. The molecule has 5 heteroatoms. The zero-order chi connectivity index (χ0) is 13.0. The first-order chi connectivity index (χ1) is 8.77. The Morgan fingerprint density at radius 3 is 2.78 bits per heavy atom. The van der Waals surface area contributed by atoms with Crippen molar-refractivity contribution in [1.82, 2.24) is 5.32 Å². The standard InChI is InChI=1S/C13H17NO4/c1-14-7-11(16)10-4-3-9(8-15)12-13(10)18-6-2-5-17-12/h3-4,8,11,14,16H,2,5-7H2,1H3. The van der Waals surface area contributed by atoms with Crippen LogP contribution in [0.15, 0.2) is 12.1 Å². The quantitative estimate of drug-likeness (QED) is 0.779. The SMILES string of the molecule is CNCC(O)c1ccc(C=O)c2c1OCCCO2. The van der Waals surface area contributed by atoms with Crippen molar-refractivity contribution in [3.8, 4) is 11.5 Å². The summed E-state index contributed by atoms with van der Waals surface area (Å²) in [5.74, 6) is 0.926. The lowest BCUT2D eigenvalue weighted by atomic mass is 10.0. The van der Waals surface area contributed by atoms with Crippen LogP contribution in [0.5, 0.6) is 11.5 Å². The molecule has 18 heavy (non-hydrogen) atoms. The number of aliphatic hydroxyl groups is 1. The van der Waals surface area contributed by atoms with Crippen molar-refractivity contribution < 1.29 is 19.4 Å². The molecule has 1 unspecified atom stereocenters. The van der Waals surface area contributed by atoms with Crippen LogP contribution in [0.1, 0.15) is 28.4 Å². The predicted molar refractivity (Wildman–Crippen MR) is 66.3 cm³/mol. The van der Waals surface area contributed by atoms with Gasteiger partial charge >= 0.3 is 0 Å². The van der Waals surface area contributed by atoms with E-state index in [0.29, 0.717) is 42.4 Å². The lowest BCUT2D eigenvalue weighted by Gasteiger charge is -2.17. The molecule has 1 atom stereocenters. The van der Waals surface area contributed by atoms with Crippen molar-refractivity contribution >= 4 is 6.29 Å². The number of hydrogen-bond acceptors (Lipinski definition) is 5. The van der Waals surface area contributed by atoms with Crippen LogP contribution in [0, 0.1) is 0 Å². The second-order valence-corrected chi connectivity index (χ2v) is 4.14. The molecule has 0 bridgehead atoms. The van der Waals surface area contributed by atoms with E-state index in [1.54, 1.807) is 19.2 Å². The molecular weight excluding hydrogens is 234 g/mol. The molecular formula is C13H17NO4. The Bertz CT molecular complexity index is 433. The monoisotopic (exact) mass is 251 g/mol. The number of hydrogen-bond donors (Lipinski definition) is 2. The minimum Gasteiger partial charge on any atom is -0.489 e. The Balaban J connectivity index is 2.45. The first kappa shape index (κ1) is 12.9. The molecule has 1 aromatic carbocycles. The summed E-state index contributed by atoms with van der Waals surface area (Å²) in [6, 6.07) is 3.36. The number of carbonyl (C=O) groups is 1. The fourth-order valence-electron chi connectivity index (χ4n) is 1.96. The average molecular weight is 251 g/mol. The first-order valence-corrected chi connectivity index (χ1v) is 5.98. The molecule has 1 aliphatic rings. The smallest absolute Gasteiger partial charge is 0.172 e. The summed E-state index contributed by atoms with van der Waals surface area (Å²) in [7, 11) is 1.76.